The average molecular weight is 452 g/mol. The standard InChI is InChI=1S/C22H20N4O5S/c27-20-6-2-3-15-16(20)4-1-5-17(15)23-22(32)24-21(28)14-7-8-18(19(13-14)26(29)30)25-9-11-31-12-10-25/h1-8,13,27H,9-12H2,(H2,23,24,28,32). The first-order valence-corrected chi connectivity index (χ1v) is 10.3. The van der Waals surface area contributed by atoms with Crippen molar-refractivity contribution in [2.75, 3.05) is 36.5 Å². The van der Waals surface area contributed by atoms with Crippen molar-refractivity contribution in [1.82, 2.24) is 5.32 Å². The van der Waals surface area contributed by atoms with E-state index in [1.807, 2.05) is 11.0 Å². The Morgan fingerprint density at radius 3 is 2.56 bits per heavy atom. The third-order valence-corrected chi connectivity index (χ3v) is 5.36. The maximum atomic E-state index is 12.7. The van der Waals surface area contributed by atoms with Crippen molar-refractivity contribution in [3.8, 4) is 5.75 Å². The van der Waals surface area contributed by atoms with Crippen LogP contribution in [0.15, 0.2) is 54.6 Å². The fourth-order valence-electron chi connectivity index (χ4n) is 3.61. The van der Waals surface area contributed by atoms with E-state index in [9.17, 15) is 20.0 Å². The van der Waals surface area contributed by atoms with E-state index < -0.39 is 10.8 Å². The number of nitro benzene ring substituents is 1. The maximum Gasteiger partial charge on any atom is 0.293 e. The van der Waals surface area contributed by atoms with E-state index in [0.717, 1.165) is 5.39 Å². The van der Waals surface area contributed by atoms with Crippen molar-refractivity contribution in [3.63, 3.8) is 0 Å². The zero-order chi connectivity index (χ0) is 22.7. The number of nitro groups is 1. The van der Waals surface area contributed by atoms with Crippen LogP contribution in [0.1, 0.15) is 10.4 Å². The Morgan fingerprint density at radius 2 is 1.81 bits per heavy atom. The van der Waals surface area contributed by atoms with E-state index in [0.29, 0.717) is 43.1 Å². The highest BCUT2D eigenvalue weighted by molar-refractivity contribution is 7.80. The predicted octanol–water partition coefficient (Wildman–Crippen LogP) is 3.42. The minimum Gasteiger partial charge on any atom is -0.507 e. The second-order valence-corrected chi connectivity index (χ2v) is 7.55. The number of nitrogens with zero attached hydrogens (tertiary/aromatic N) is 2. The number of phenols is 1. The lowest BCUT2D eigenvalue weighted by atomic mass is 10.1. The normalized spacial score (nSPS) is 13.6. The Morgan fingerprint density at radius 1 is 1.09 bits per heavy atom. The molecule has 1 heterocycles. The van der Waals surface area contributed by atoms with Gasteiger partial charge in [0.1, 0.15) is 11.4 Å². The minimum atomic E-state index is -0.567. The number of benzene rings is 3. The Labute approximate surface area is 188 Å². The van der Waals surface area contributed by atoms with Crippen LogP contribution >= 0.6 is 12.2 Å². The number of ether oxygens (including phenoxy) is 1. The molecule has 0 unspecified atom stereocenters. The quantitative estimate of drug-likeness (QED) is 0.313. The Hall–Kier alpha value is -3.76. The molecule has 164 valence electrons. The van der Waals surface area contributed by atoms with Gasteiger partial charge in [-0.15, -0.1) is 0 Å². The summed E-state index contributed by atoms with van der Waals surface area (Å²) in [4.78, 5) is 25.7. The Kier molecular flexibility index (Phi) is 6.15. The van der Waals surface area contributed by atoms with E-state index in [1.165, 1.54) is 12.1 Å². The number of hydrogen-bond acceptors (Lipinski definition) is 7. The van der Waals surface area contributed by atoms with E-state index >= 15 is 0 Å². The van der Waals surface area contributed by atoms with Gasteiger partial charge in [-0.3, -0.25) is 20.2 Å². The van der Waals surface area contributed by atoms with Gasteiger partial charge in [-0.25, -0.2) is 0 Å². The molecule has 1 amide bonds. The Balaban J connectivity index is 1.51. The van der Waals surface area contributed by atoms with Crippen LogP contribution in [-0.2, 0) is 4.74 Å². The zero-order valence-electron chi connectivity index (χ0n) is 16.9. The summed E-state index contributed by atoms with van der Waals surface area (Å²) in [5.41, 5.74) is 1.03. The molecule has 0 aromatic heterocycles. The lowest BCUT2D eigenvalue weighted by Gasteiger charge is -2.28. The SMILES string of the molecule is O=C(NC(=S)Nc1cccc2c(O)cccc12)c1ccc(N2CCOCC2)c([N+](=O)[O-])c1. The van der Waals surface area contributed by atoms with Gasteiger partial charge in [0.25, 0.3) is 11.6 Å². The number of morpholine rings is 1. The monoisotopic (exact) mass is 452 g/mol. The largest absolute Gasteiger partial charge is 0.507 e. The summed E-state index contributed by atoms with van der Waals surface area (Å²) in [7, 11) is 0. The molecule has 32 heavy (non-hydrogen) atoms. The molecule has 1 aliphatic rings. The van der Waals surface area contributed by atoms with Crippen molar-refractivity contribution in [1.29, 1.82) is 0 Å². The van der Waals surface area contributed by atoms with Gasteiger partial charge in [0.15, 0.2) is 5.11 Å². The van der Waals surface area contributed by atoms with Crippen molar-refractivity contribution in [2.45, 2.75) is 0 Å². The average Bonchev–Trinajstić information content (AvgIpc) is 2.80. The van der Waals surface area contributed by atoms with Gasteiger partial charge in [0.05, 0.1) is 18.1 Å². The molecule has 0 saturated carbocycles. The van der Waals surface area contributed by atoms with Crippen LogP contribution in [0.25, 0.3) is 10.8 Å². The zero-order valence-corrected chi connectivity index (χ0v) is 17.7. The summed E-state index contributed by atoms with van der Waals surface area (Å²) in [5.74, 6) is -0.434. The summed E-state index contributed by atoms with van der Waals surface area (Å²) < 4.78 is 5.30. The molecular formula is C22H20N4O5S. The molecule has 1 fully saturated rings. The highest BCUT2D eigenvalue weighted by atomic mass is 32.1. The van der Waals surface area contributed by atoms with Gasteiger partial charge in [-0.2, -0.15) is 0 Å². The van der Waals surface area contributed by atoms with E-state index in [4.69, 9.17) is 17.0 Å². The molecule has 1 aliphatic heterocycles. The van der Waals surface area contributed by atoms with Crippen LogP contribution < -0.4 is 15.5 Å². The number of nitrogens with one attached hydrogen (secondary N) is 2. The van der Waals surface area contributed by atoms with E-state index in [2.05, 4.69) is 10.6 Å². The molecule has 9 nitrogen and oxygen atoms in total. The number of anilines is 2. The topological polar surface area (TPSA) is 117 Å². The number of carbonyl (C=O) groups is 1. The molecule has 0 spiro atoms. The van der Waals surface area contributed by atoms with Crippen LogP contribution in [0, 0.1) is 10.1 Å². The smallest absolute Gasteiger partial charge is 0.293 e. The molecule has 1 saturated heterocycles. The number of carbonyl (C=O) groups excluding carboxylic acids is 1. The van der Waals surface area contributed by atoms with Crippen molar-refractivity contribution >= 4 is 51.1 Å². The summed E-state index contributed by atoms with van der Waals surface area (Å²) in [6.45, 7) is 2.07. The summed E-state index contributed by atoms with van der Waals surface area (Å²) in [6.07, 6.45) is 0. The Bertz CT molecular complexity index is 1210. The second kappa shape index (κ2) is 9.16. The molecule has 0 atom stereocenters. The van der Waals surface area contributed by atoms with E-state index in [1.54, 1.807) is 36.4 Å². The van der Waals surface area contributed by atoms with Gasteiger partial charge in [-0.05, 0) is 36.5 Å². The number of aromatic hydroxyl groups is 1. The summed E-state index contributed by atoms with van der Waals surface area (Å²) >= 11 is 5.26. The van der Waals surface area contributed by atoms with Gasteiger partial charge in [0.2, 0.25) is 0 Å². The van der Waals surface area contributed by atoms with E-state index in [-0.39, 0.29) is 22.1 Å². The highest BCUT2D eigenvalue weighted by Gasteiger charge is 2.23. The summed E-state index contributed by atoms with van der Waals surface area (Å²) in [5, 5.41) is 28.5. The van der Waals surface area contributed by atoms with Crippen molar-refractivity contribution in [2.24, 2.45) is 0 Å². The van der Waals surface area contributed by atoms with Gasteiger partial charge in [0, 0.05) is 41.2 Å². The minimum absolute atomic E-state index is 0.0331. The molecule has 3 N–H and O–H groups in total. The summed E-state index contributed by atoms with van der Waals surface area (Å²) in [6, 6.07) is 14.7. The van der Waals surface area contributed by atoms with Gasteiger partial charge >= 0.3 is 0 Å². The maximum absolute atomic E-state index is 12.7. The fourth-order valence-corrected chi connectivity index (χ4v) is 3.82. The fraction of sp³-hybridized carbons (Fsp3) is 0.182. The lowest BCUT2D eigenvalue weighted by Crippen LogP contribution is -2.37. The highest BCUT2D eigenvalue weighted by Crippen LogP contribution is 2.31. The molecule has 10 heteroatoms. The lowest BCUT2D eigenvalue weighted by molar-refractivity contribution is -0.384. The molecule has 0 radical (unpaired) electrons. The number of fused-ring (bicyclic) bond motifs is 1. The van der Waals surface area contributed by atoms with Crippen LogP contribution in [-0.4, -0.2) is 47.4 Å². The molecular weight excluding hydrogens is 432 g/mol. The van der Waals surface area contributed by atoms with Gasteiger partial charge < -0.3 is 20.1 Å². The predicted molar refractivity (Wildman–Crippen MR) is 125 cm³/mol. The molecule has 3 aromatic rings. The molecule has 0 bridgehead atoms. The third-order valence-electron chi connectivity index (χ3n) is 5.16. The molecule has 4 rings (SSSR count). The van der Waals surface area contributed by atoms with Crippen molar-refractivity contribution in [3.05, 3.63) is 70.3 Å². The second-order valence-electron chi connectivity index (χ2n) is 7.15. The third kappa shape index (κ3) is 4.46. The first kappa shape index (κ1) is 21.5. The number of rotatable bonds is 4. The van der Waals surface area contributed by atoms with Crippen LogP contribution in [0.2, 0.25) is 0 Å². The van der Waals surface area contributed by atoms with Crippen LogP contribution in [0.4, 0.5) is 17.1 Å². The number of hydrogen-bond donors (Lipinski definition) is 3. The van der Waals surface area contributed by atoms with Crippen LogP contribution in [0.3, 0.4) is 0 Å². The van der Waals surface area contributed by atoms with Crippen LogP contribution in [0.5, 0.6) is 5.75 Å². The van der Waals surface area contributed by atoms with Gasteiger partial charge in [-0.1, -0.05) is 24.3 Å². The number of amides is 1. The first-order chi connectivity index (χ1) is 15.4. The molecule has 0 aliphatic carbocycles. The number of phenolic OH excluding ortho intramolecular Hbond substituents is 1. The first-order valence-electron chi connectivity index (χ1n) is 9.88. The van der Waals surface area contributed by atoms with Crippen molar-refractivity contribution < 1.29 is 19.6 Å². The number of thiocarbonyl (C=S) groups is 1. The molecule has 3 aromatic carbocycles.